The van der Waals surface area contributed by atoms with E-state index < -0.39 is 21.0 Å². The third kappa shape index (κ3) is 4.62. The molecule has 0 radical (unpaired) electrons. The zero-order valence-corrected chi connectivity index (χ0v) is 16.7. The number of hydrogen-bond donors (Lipinski definition) is 2. The van der Waals surface area contributed by atoms with Crippen molar-refractivity contribution < 1.29 is 27.5 Å². The number of hydrogen-bond acceptors (Lipinski definition) is 6. The highest BCUT2D eigenvalue weighted by Crippen LogP contribution is 2.31. The fraction of sp³-hybridized carbons (Fsp3) is 0.250. The minimum atomic E-state index is -3.82. The van der Waals surface area contributed by atoms with E-state index in [1.54, 1.807) is 18.2 Å². The molecule has 2 amide bonds. The third-order valence-electron chi connectivity index (χ3n) is 4.47. The Balaban J connectivity index is 1.72. The number of ketones is 1. The number of fused-ring (bicyclic) bond motifs is 1. The Labute approximate surface area is 168 Å². The van der Waals surface area contributed by atoms with Crippen molar-refractivity contribution in [3.63, 3.8) is 0 Å². The summed E-state index contributed by atoms with van der Waals surface area (Å²) in [6.07, 6.45) is -0.271. The quantitative estimate of drug-likeness (QED) is 0.698. The first-order chi connectivity index (χ1) is 13.7. The maximum atomic E-state index is 12.9. The fourth-order valence-corrected chi connectivity index (χ4v) is 4.25. The van der Waals surface area contributed by atoms with E-state index in [-0.39, 0.29) is 35.3 Å². The molecule has 1 heterocycles. The van der Waals surface area contributed by atoms with Crippen molar-refractivity contribution in [1.82, 2.24) is 0 Å². The van der Waals surface area contributed by atoms with Crippen LogP contribution in [-0.4, -0.2) is 37.9 Å². The van der Waals surface area contributed by atoms with Gasteiger partial charge in [0, 0.05) is 17.7 Å². The SMILES string of the molecule is CC(=O)c1cccc(NC(=O)CC(C)S(=O)(=O)c2ccc3c(c2)NC(=O)CO3)c1. The largest absolute Gasteiger partial charge is 0.482 e. The second-order valence-corrected chi connectivity index (χ2v) is 9.11. The Morgan fingerprint density at radius 3 is 2.69 bits per heavy atom. The summed E-state index contributed by atoms with van der Waals surface area (Å²) in [7, 11) is -3.82. The van der Waals surface area contributed by atoms with Crippen LogP contribution < -0.4 is 15.4 Å². The molecule has 1 aliphatic rings. The van der Waals surface area contributed by atoms with Crippen LogP contribution in [0.3, 0.4) is 0 Å². The smallest absolute Gasteiger partial charge is 0.262 e. The molecule has 0 aliphatic carbocycles. The van der Waals surface area contributed by atoms with Crippen molar-refractivity contribution in [3.05, 3.63) is 48.0 Å². The van der Waals surface area contributed by atoms with Crippen LogP contribution in [-0.2, 0) is 19.4 Å². The summed E-state index contributed by atoms with van der Waals surface area (Å²) < 4.78 is 30.9. The second kappa shape index (κ2) is 8.04. The fourth-order valence-electron chi connectivity index (χ4n) is 2.87. The van der Waals surface area contributed by atoms with Crippen LogP contribution in [0.25, 0.3) is 0 Å². The number of ether oxygens (including phenoxy) is 1. The minimum absolute atomic E-state index is 0.0130. The summed E-state index contributed by atoms with van der Waals surface area (Å²) in [6, 6.07) is 10.6. The van der Waals surface area contributed by atoms with Gasteiger partial charge in [0.25, 0.3) is 5.91 Å². The summed E-state index contributed by atoms with van der Waals surface area (Å²) in [4.78, 5) is 35.2. The molecule has 0 saturated heterocycles. The number of sulfone groups is 1. The molecule has 0 spiro atoms. The molecule has 0 aromatic heterocycles. The van der Waals surface area contributed by atoms with Crippen LogP contribution in [0.5, 0.6) is 5.75 Å². The van der Waals surface area contributed by atoms with E-state index in [9.17, 15) is 22.8 Å². The molecule has 29 heavy (non-hydrogen) atoms. The van der Waals surface area contributed by atoms with E-state index in [0.29, 0.717) is 17.0 Å². The number of Topliss-reactive ketones (excluding diaryl/α,β-unsaturated/α-hetero) is 1. The molecule has 1 atom stereocenters. The van der Waals surface area contributed by atoms with Gasteiger partial charge >= 0.3 is 0 Å². The van der Waals surface area contributed by atoms with Crippen LogP contribution in [0.1, 0.15) is 30.6 Å². The van der Waals surface area contributed by atoms with Crippen molar-refractivity contribution >= 4 is 38.8 Å². The molecule has 8 nitrogen and oxygen atoms in total. The van der Waals surface area contributed by atoms with Crippen LogP contribution in [0.4, 0.5) is 11.4 Å². The van der Waals surface area contributed by atoms with Gasteiger partial charge in [-0.25, -0.2) is 8.42 Å². The molecule has 2 aromatic carbocycles. The molecule has 0 fully saturated rings. The molecule has 1 aliphatic heterocycles. The number of amides is 2. The van der Waals surface area contributed by atoms with Crippen LogP contribution in [0.2, 0.25) is 0 Å². The molecule has 3 rings (SSSR count). The molecule has 0 saturated carbocycles. The third-order valence-corrected chi connectivity index (χ3v) is 6.60. The molecule has 1 unspecified atom stereocenters. The summed E-state index contributed by atoms with van der Waals surface area (Å²) in [5.74, 6) is -0.608. The number of carbonyl (C=O) groups is 3. The Morgan fingerprint density at radius 1 is 1.21 bits per heavy atom. The van der Waals surface area contributed by atoms with Gasteiger partial charge in [0.1, 0.15) is 5.75 Å². The van der Waals surface area contributed by atoms with Crippen molar-refractivity contribution in [1.29, 1.82) is 0 Å². The normalized spacial score (nSPS) is 14.2. The van der Waals surface area contributed by atoms with Gasteiger partial charge in [-0.1, -0.05) is 12.1 Å². The maximum Gasteiger partial charge on any atom is 0.262 e. The minimum Gasteiger partial charge on any atom is -0.482 e. The predicted octanol–water partition coefficient (Wildman–Crippen LogP) is 2.41. The lowest BCUT2D eigenvalue weighted by Gasteiger charge is -2.19. The topological polar surface area (TPSA) is 119 Å². The van der Waals surface area contributed by atoms with E-state index in [1.807, 2.05) is 0 Å². The first kappa shape index (κ1) is 20.5. The molecular formula is C20H20N2O6S. The molecule has 2 aromatic rings. The van der Waals surface area contributed by atoms with Gasteiger partial charge in [0.15, 0.2) is 22.2 Å². The lowest BCUT2D eigenvalue weighted by Crippen LogP contribution is -2.27. The van der Waals surface area contributed by atoms with Crippen LogP contribution >= 0.6 is 0 Å². The average Bonchev–Trinajstić information content (AvgIpc) is 2.67. The highest BCUT2D eigenvalue weighted by Gasteiger charge is 2.28. The second-order valence-electron chi connectivity index (χ2n) is 6.74. The summed E-state index contributed by atoms with van der Waals surface area (Å²) in [5.41, 5.74) is 1.14. The Hall–Kier alpha value is -3.20. The van der Waals surface area contributed by atoms with Gasteiger partial charge < -0.3 is 15.4 Å². The molecule has 2 N–H and O–H groups in total. The Kier molecular flexibility index (Phi) is 5.69. The first-order valence-electron chi connectivity index (χ1n) is 8.88. The zero-order valence-electron chi connectivity index (χ0n) is 15.9. The monoisotopic (exact) mass is 416 g/mol. The lowest BCUT2D eigenvalue weighted by atomic mass is 10.1. The van der Waals surface area contributed by atoms with E-state index in [1.165, 1.54) is 38.1 Å². The van der Waals surface area contributed by atoms with Gasteiger partial charge in [-0.15, -0.1) is 0 Å². The molecule has 9 heteroatoms. The summed E-state index contributed by atoms with van der Waals surface area (Å²) >= 11 is 0. The Morgan fingerprint density at radius 2 is 1.97 bits per heavy atom. The van der Waals surface area contributed by atoms with Crippen molar-refractivity contribution in [2.24, 2.45) is 0 Å². The average molecular weight is 416 g/mol. The number of benzene rings is 2. The lowest BCUT2D eigenvalue weighted by molar-refractivity contribution is -0.118. The highest BCUT2D eigenvalue weighted by atomic mass is 32.2. The van der Waals surface area contributed by atoms with E-state index in [4.69, 9.17) is 4.74 Å². The van der Waals surface area contributed by atoms with Crippen molar-refractivity contribution in [2.45, 2.75) is 30.4 Å². The Bertz CT molecular complexity index is 1090. The van der Waals surface area contributed by atoms with E-state index in [2.05, 4.69) is 10.6 Å². The molecule has 0 bridgehead atoms. The van der Waals surface area contributed by atoms with E-state index in [0.717, 1.165) is 0 Å². The highest BCUT2D eigenvalue weighted by molar-refractivity contribution is 7.92. The molecule has 152 valence electrons. The number of carbonyl (C=O) groups excluding carboxylic acids is 3. The standard InChI is InChI=1S/C20H20N2O6S/c1-12(8-19(24)21-15-5-3-4-14(9-15)13(2)23)29(26,27)16-6-7-18-17(10-16)22-20(25)11-28-18/h3-7,9-10,12H,8,11H2,1-2H3,(H,21,24)(H,22,25). The van der Waals surface area contributed by atoms with Gasteiger partial charge in [-0.3, -0.25) is 14.4 Å². The number of anilines is 2. The molecular weight excluding hydrogens is 396 g/mol. The maximum absolute atomic E-state index is 12.9. The van der Waals surface area contributed by atoms with Gasteiger partial charge in [-0.2, -0.15) is 0 Å². The zero-order chi connectivity index (χ0) is 21.2. The van der Waals surface area contributed by atoms with Gasteiger partial charge in [0.2, 0.25) is 5.91 Å². The van der Waals surface area contributed by atoms with Gasteiger partial charge in [-0.05, 0) is 44.2 Å². The van der Waals surface area contributed by atoms with E-state index >= 15 is 0 Å². The predicted molar refractivity (Wildman–Crippen MR) is 107 cm³/mol. The number of nitrogens with one attached hydrogen (secondary N) is 2. The number of rotatable bonds is 6. The van der Waals surface area contributed by atoms with Crippen LogP contribution in [0, 0.1) is 0 Å². The van der Waals surface area contributed by atoms with Crippen LogP contribution in [0.15, 0.2) is 47.4 Å². The van der Waals surface area contributed by atoms with Gasteiger partial charge in [0.05, 0.1) is 15.8 Å². The summed E-state index contributed by atoms with van der Waals surface area (Å²) in [5, 5.41) is 4.18. The van der Waals surface area contributed by atoms with Crippen molar-refractivity contribution in [2.75, 3.05) is 17.2 Å². The van der Waals surface area contributed by atoms with Crippen molar-refractivity contribution in [3.8, 4) is 5.75 Å². The summed E-state index contributed by atoms with van der Waals surface area (Å²) in [6.45, 7) is 2.73. The first-order valence-corrected chi connectivity index (χ1v) is 10.4.